The van der Waals surface area contributed by atoms with Gasteiger partial charge in [-0.1, -0.05) is 12.2 Å². The summed E-state index contributed by atoms with van der Waals surface area (Å²) < 4.78 is 23.3. The maximum absolute atomic E-state index is 11.0. The monoisotopic (exact) mass is 331 g/mol. The fourth-order valence-electron chi connectivity index (χ4n) is 2.27. The highest BCUT2D eigenvalue weighted by Crippen LogP contribution is 2.47. The van der Waals surface area contributed by atoms with Gasteiger partial charge in [0.05, 0.1) is 19.0 Å². The SMILES string of the molecule is Nc1ncnc2c1ncn2C1CCC(COP(=O)(O)S)O1. The highest BCUT2D eigenvalue weighted by molar-refractivity contribution is 8.44. The average Bonchev–Trinajstić information content (AvgIpc) is 3.02. The molecule has 114 valence electrons. The highest BCUT2D eigenvalue weighted by Gasteiger charge is 2.29. The molecule has 0 radical (unpaired) electrons. The van der Waals surface area contributed by atoms with Crippen LogP contribution < -0.4 is 5.73 Å². The van der Waals surface area contributed by atoms with Crippen LogP contribution in [0.15, 0.2) is 12.7 Å². The third kappa shape index (κ3) is 3.19. The first kappa shape index (κ1) is 14.7. The van der Waals surface area contributed by atoms with Crippen molar-refractivity contribution in [3.05, 3.63) is 12.7 Å². The van der Waals surface area contributed by atoms with E-state index in [1.54, 1.807) is 10.9 Å². The van der Waals surface area contributed by atoms with Crippen molar-refractivity contribution in [2.24, 2.45) is 0 Å². The van der Waals surface area contributed by atoms with Crippen LogP contribution in [0.3, 0.4) is 0 Å². The Labute approximate surface area is 125 Å². The second-order valence-electron chi connectivity index (χ2n) is 4.66. The van der Waals surface area contributed by atoms with Crippen LogP contribution in [-0.4, -0.2) is 37.1 Å². The molecule has 1 saturated heterocycles. The van der Waals surface area contributed by atoms with Crippen molar-refractivity contribution < 1.29 is 18.7 Å². The van der Waals surface area contributed by atoms with Crippen molar-refractivity contribution in [3.8, 4) is 0 Å². The molecular weight excluding hydrogens is 317 g/mol. The molecule has 11 heteroatoms. The van der Waals surface area contributed by atoms with E-state index >= 15 is 0 Å². The number of ether oxygens (including phenoxy) is 1. The van der Waals surface area contributed by atoms with E-state index < -0.39 is 6.80 Å². The summed E-state index contributed by atoms with van der Waals surface area (Å²) in [6, 6.07) is 0. The number of aromatic nitrogens is 4. The second kappa shape index (κ2) is 5.54. The molecule has 1 fully saturated rings. The van der Waals surface area contributed by atoms with Crippen molar-refractivity contribution in [1.82, 2.24) is 19.5 Å². The molecule has 3 rings (SSSR count). The Morgan fingerprint density at radius 2 is 2.33 bits per heavy atom. The predicted molar refractivity (Wildman–Crippen MR) is 77.6 cm³/mol. The Morgan fingerprint density at radius 3 is 3.10 bits per heavy atom. The van der Waals surface area contributed by atoms with E-state index in [9.17, 15) is 4.57 Å². The van der Waals surface area contributed by atoms with Gasteiger partial charge in [0.2, 0.25) is 0 Å². The van der Waals surface area contributed by atoms with E-state index in [0.29, 0.717) is 29.8 Å². The van der Waals surface area contributed by atoms with Gasteiger partial charge in [0.15, 0.2) is 11.5 Å². The Bertz CT molecular complexity index is 704. The Kier molecular flexibility index (Phi) is 3.89. The number of nitrogen functional groups attached to an aromatic ring is 1. The summed E-state index contributed by atoms with van der Waals surface area (Å²) in [5.74, 6) is 0.313. The molecule has 0 saturated carbocycles. The maximum atomic E-state index is 11.0. The standard InChI is InChI=1S/C10H14N5O4PS/c11-9-8-10(13-4-12-9)15(5-14-8)7-2-1-6(19-7)3-18-20(16,17)21/h4-7H,1-3H2,(H2,11,12,13)(H2,16,17,21). The molecule has 2 aromatic heterocycles. The number of thiol groups is 1. The topological polar surface area (TPSA) is 125 Å². The van der Waals surface area contributed by atoms with E-state index in [-0.39, 0.29) is 18.9 Å². The van der Waals surface area contributed by atoms with Gasteiger partial charge in [0, 0.05) is 0 Å². The van der Waals surface area contributed by atoms with E-state index in [1.165, 1.54) is 6.33 Å². The van der Waals surface area contributed by atoms with E-state index in [4.69, 9.17) is 19.9 Å². The lowest BCUT2D eigenvalue weighted by molar-refractivity contribution is -0.0166. The lowest BCUT2D eigenvalue weighted by Crippen LogP contribution is -2.15. The normalized spacial score (nSPS) is 25.2. The molecule has 3 atom stereocenters. The molecule has 3 N–H and O–H groups in total. The first-order valence-electron chi connectivity index (χ1n) is 6.22. The minimum atomic E-state index is -3.79. The fourth-order valence-corrected chi connectivity index (χ4v) is 2.84. The van der Waals surface area contributed by atoms with Crippen molar-refractivity contribution in [2.45, 2.75) is 25.2 Å². The number of nitrogens with zero attached hydrogens (tertiary/aromatic N) is 4. The van der Waals surface area contributed by atoms with Gasteiger partial charge < -0.3 is 15.4 Å². The van der Waals surface area contributed by atoms with Gasteiger partial charge in [0.1, 0.15) is 18.1 Å². The van der Waals surface area contributed by atoms with Crippen LogP contribution in [-0.2, 0) is 13.8 Å². The number of hydrogen-bond donors (Lipinski definition) is 3. The van der Waals surface area contributed by atoms with E-state index in [2.05, 4.69) is 27.2 Å². The summed E-state index contributed by atoms with van der Waals surface area (Å²) >= 11 is 3.46. The van der Waals surface area contributed by atoms with Gasteiger partial charge in [0.25, 0.3) is 0 Å². The second-order valence-corrected chi connectivity index (χ2v) is 7.42. The van der Waals surface area contributed by atoms with Gasteiger partial charge in [-0.2, -0.15) is 0 Å². The molecule has 0 spiro atoms. The van der Waals surface area contributed by atoms with Crippen LogP contribution in [0.1, 0.15) is 19.1 Å². The lowest BCUT2D eigenvalue weighted by atomic mass is 10.2. The number of imidazole rings is 1. The zero-order valence-electron chi connectivity index (χ0n) is 10.9. The number of rotatable bonds is 4. The quantitative estimate of drug-likeness (QED) is 0.562. The highest BCUT2D eigenvalue weighted by atomic mass is 32.7. The number of anilines is 1. The van der Waals surface area contributed by atoms with E-state index in [1.807, 2.05) is 0 Å². The van der Waals surface area contributed by atoms with Crippen LogP contribution in [0.25, 0.3) is 11.2 Å². The number of hydrogen-bond acceptors (Lipinski definition) is 7. The van der Waals surface area contributed by atoms with Crippen molar-refractivity contribution in [1.29, 1.82) is 0 Å². The Morgan fingerprint density at radius 1 is 1.52 bits per heavy atom. The van der Waals surface area contributed by atoms with Crippen LogP contribution in [0.5, 0.6) is 0 Å². The van der Waals surface area contributed by atoms with Gasteiger partial charge in [-0.3, -0.25) is 9.09 Å². The van der Waals surface area contributed by atoms with Crippen LogP contribution >= 0.6 is 19.0 Å². The largest absolute Gasteiger partial charge is 0.383 e. The van der Waals surface area contributed by atoms with E-state index in [0.717, 1.165) is 0 Å². The molecule has 0 aromatic carbocycles. The molecule has 9 nitrogen and oxygen atoms in total. The van der Waals surface area contributed by atoms with Crippen molar-refractivity contribution in [2.75, 3.05) is 12.3 Å². The van der Waals surface area contributed by atoms with Crippen LogP contribution in [0.4, 0.5) is 5.82 Å². The summed E-state index contributed by atoms with van der Waals surface area (Å²) in [5, 5.41) is 0. The third-order valence-electron chi connectivity index (χ3n) is 3.21. The minimum absolute atomic E-state index is 0.0114. The molecule has 21 heavy (non-hydrogen) atoms. The summed E-state index contributed by atoms with van der Waals surface area (Å²) in [4.78, 5) is 21.2. The van der Waals surface area contributed by atoms with Crippen LogP contribution in [0, 0.1) is 0 Å². The zero-order valence-corrected chi connectivity index (χ0v) is 12.7. The lowest BCUT2D eigenvalue weighted by Gasteiger charge is -2.15. The summed E-state index contributed by atoms with van der Waals surface area (Å²) in [6.07, 6.45) is 3.83. The molecular formula is C10H14N5O4PS. The average molecular weight is 331 g/mol. The fraction of sp³-hybridized carbons (Fsp3) is 0.500. The molecule has 1 aliphatic rings. The predicted octanol–water partition coefficient (Wildman–Crippen LogP) is 1.13. The smallest absolute Gasteiger partial charge is 0.382 e. The summed E-state index contributed by atoms with van der Waals surface area (Å²) in [7, 11) is 0. The van der Waals surface area contributed by atoms with Gasteiger partial charge in [-0.25, -0.2) is 19.5 Å². The molecule has 0 amide bonds. The summed E-state index contributed by atoms with van der Waals surface area (Å²) in [5.41, 5.74) is 6.85. The van der Waals surface area contributed by atoms with Crippen molar-refractivity contribution in [3.63, 3.8) is 0 Å². The first-order chi connectivity index (χ1) is 9.94. The summed E-state index contributed by atoms with van der Waals surface area (Å²) in [6.45, 7) is -3.77. The van der Waals surface area contributed by atoms with Gasteiger partial charge in [-0.05, 0) is 12.8 Å². The maximum Gasteiger partial charge on any atom is 0.383 e. The molecule has 0 aliphatic carbocycles. The van der Waals surface area contributed by atoms with Gasteiger partial charge >= 0.3 is 6.80 Å². The third-order valence-corrected chi connectivity index (χ3v) is 4.04. The minimum Gasteiger partial charge on any atom is -0.382 e. The Balaban J connectivity index is 1.73. The molecule has 1 aliphatic heterocycles. The molecule has 3 heterocycles. The zero-order chi connectivity index (χ0) is 15.0. The molecule has 3 unspecified atom stereocenters. The van der Waals surface area contributed by atoms with Crippen molar-refractivity contribution >= 4 is 36.0 Å². The Hall–Kier alpha value is -1.19. The number of fused-ring (bicyclic) bond motifs is 1. The van der Waals surface area contributed by atoms with Gasteiger partial charge in [-0.15, -0.1) is 0 Å². The molecule has 0 bridgehead atoms. The van der Waals surface area contributed by atoms with Crippen LogP contribution in [0.2, 0.25) is 0 Å². The molecule has 2 aromatic rings. The first-order valence-corrected chi connectivity index (χ1v) is 8.95. The number of nitrogens with two attached hydrogens (primary N) is 1.